The predicted molar refractivity (Wildman–Crippen MR) is 68.6 cm³/mol. The molecule has 0 amide bonds. The van der Waals surface area contributed by atoms with Crippen molar-refractivity contribution in [2.75, 3.05) is 6.54 Å². The first-order chi connectivity index (χ1) is 7.00. The van der Waals surface area contributed by atoms with Crippen LogP contribution in [0, 0.1) is 5.82 Å². The van der Waals surface area contributed by atoms with E-state index in [9.17, 15) is 4.39 Å². The molecule has 15 heavy (non-hydrogen) atoms. The van der Waals surface area contributed by atoms with E-state index in [0.29, 0.717) is 12.1 Å². The van der Waals surface area contributed by atoms with E-state index in [4.69, 9.17) is 0 Å². The Kier molecular flexibility index (Phi) is 4.96. The highest BCUT2D eigenvalue weighted by molar-refractivity contribution is 9.11. The Labute approximate surface area is 106 Å². The Morgan fingerprint density at radius 2 is 2.27 bits per heavy atom. The number of hydrogen-bond donors (Lipinski definition) is 1. The number of halogens is 3. The SMILES string of the molecule is C=C(Br)CNC(C)c1ccc(Br)cc1F. The fourth-order valence-electron chi connectivity index (χ4n) is 1.23. The van der Waals surface area contributed by atoms with Crippen LogP contribution in [0.25, 0.3) is 0 Å². The standard InChI is InChI=1S/C11H12Br2FN/c1-7(12)6-15-8(2)10-4-3-9(13)5-11(10)14/h3-5,8,15H,1,6H2,2H3. The molecule has 1 unspecified atom stereocenters. The highest BCUT2D eigenvalue weighted by Crippen LogP contribution is 2.21. The summed E-state index contributed by atoms with van der Waals surface area (Å²) in [5.41, 5.74) is 0.659. The molecule has 82 valence electrons. The van der Waals surface area contributed by atoms with Crippen molar-refractivity contribution in [3.63, 3.8) is 0 Å². The summed E-state index contributed by atoms with van der Waals surface area (Å²) in [4.78, 5) is 0. The number of nitrogens with one attached hydrogen (secondary N) is 1. The van der Waals surface area contributed by atoms with Crippen molar-refractivity contribution < 1.29 is 4.39 Å². The molecule has 0 aliphatic carbocycles. The van der Waals surface area contributed by atoms with Crippen LogP contribution in [0.3, 0.4) is 0 Å². The molecule has 0 bridgehead atoms. The van der Waals surface area contributed by atoms with Gasteiger partial charge in [0.25, 0.3) is 0 Å². The van der Waals surface area contributed by atoms with Crippen LogP contribution in [0.15, 0.2) is 33.7 Å². The second-order valence-corrected chi connectivity index (χ2v) is 5.32. The fourth-order valence-corrected chi connectivity index (χ4v) is 1.72. The van der Waals surface area contributed by atoms with Gasteiger partial charge in [0, 0.05) is 27.1 Å². The second-order valence-electron chi connectivity index (χ2n) is 3.29. The van der Waals surface area contributed by atoms with Gasteiger partial charge in [-0.15, -0.1) is 0 Å². The monoisotopic (exact) mass is 335 g/mol. The average Bonchev–Trinajstić information content (AvgIpc) is 2.14. The van der Waals surface area contributed by atoms with Gasteiger partial charge in [0.15, 0.2) is 0 Å². The minimum Gasteiger partial charge on any atom is -0.306 e. The Bertz CT molecular complexity index is 366. The predicted octanol–water partition coefficient (Wildman–Crippen LogP) is 4.15. The highest BCUT2D eigenvalue weighted by atomic mass is 79.9. The van der Waals surface area contributed by atoms with E-state index in [1.165, 1.54) is 6.07 Å². The number of benzene rings is 1. The van der Waals surface area contributed by atoms with Gasteiger partial charge >= 0.3 is 0 Å². The van der Waals surface area contributed by atoms with Crippen LogP contribution in [-0.4, -0.2) is 6.54 Å². The summed E-state index contributed by atoms with van der Waals surface area (Å²) >= 11 is 6.47. The molecule has 1 rings (SSSR count). The number of rotatable bonds is 4. The van der Waals surface area contributed by atoms with Crippen LogP contribution < -0.4 is 5.32 Å². The topological polar surface area (TPSA) is 12.0 Å². The first-order valence-corrected chi connectivity index (χ1v) is 6.11. The molecule has 4 heteroatoms. The van der Waals surface area contributed by atoms with E-state index in [2.05, 4.69) is 43.8 Å². The summed E-state index contributed by atoms with van der Waals surface area (Å²) < 4.78 is 15.1. The van der Waals surface area contributed by atoms with Gasteiger partial charge in [-0.1, -0.05) is 44.5 Å². The van der Waals surface area contributed by atoms with Crippen molar-refractivity contribution in [3.05, 3.63) is 45.1 Å². The maximum Gasteiger partial charge on any atom is 0.129 e. The lowest BCUT2D eigenvalue weighted by Gasteiger charge is -2.14. The third kappa shape index (κ3) is 4.05. The van der Waals surface area contributed by atoms with Crippen LogP contribution in [0.4, 0.5) is 4.39 Å². The average molecular weight is 337 g/mol. The summed E-state index contributed by atoms with van der Waals surface area (Å²) in [6, 6.07) is 5.04. The summed E-state index contributed by atoms with van der Waals surface area (Å²) in [6.07, 6.45) is 0. The van der Waals surface area contributed by atoms with Crippen LogP contribution >= 0.6 is 31.9 Å². The Morgan fingerprint density at radius 1 is 1.60 bits per heavy atom. The van der Waals surface area contributed by atoms with Crippen molar-refractivity contribution in [3.8, 4) is 0 Å². The summed E-state index contributed by atoms with van der Waals surface area (Å²) in [5, 5.41) is 3.16. The molecule has 1 atom stereocenters. The van der Waals surface area contributed by atoms with Gasteiger partial charge in [-0.25, -0.2) is 4.39 Å². The van der Waals surface area contributed by atoms with Gasteiger partial charge in [0.1, 0.15) is 5.82 Å². The lowest BCUT2D eigenvalue weighted by Crippen LogP contribution is -2.20. The number of hydrogen-bond acceptors (Lipinski definition) is 1. The molecule has 1 N–H and O–H groups in total. The van der Waals surface area contributed by atoms with Gasteiger partial charge in [-0.3, -0.25) is 0 Å². The fraction of sp³-hybridized carbons (Fsp3) is 0.273. The second kappa shape index (κ2) is 5.77. The van der Waals surface area contributed by atoms with E-state index < -0.39 is 0 Å². The molecule has 0 aliphatic rings. The first kappa shape index (κ1) is 12.9. The molecule has 0 fully saturated rings. The molecule has 0 aliphatic heterocycles. The van der Waals surface area contributed by atoms with E-state index in [1.807, 2.05) is 13.0 Å². The van der Waals surface area contributed by atoms with Crippen molar-refractivity contribution in [2.45, 2.75) is 13.0 Å². The molecule has 0 spiro atoms. The Morgan fingerprint density at radius 3 is 2.80 bits per heavy atom. The maximum absolute atomic E-state index is 13.5. The largest absolute Gasteiger partial charge is 0.306 e. The van der Waals surface area contributed by atoms with Crippen LogP contribution in [0.2, 0.25) is 0 Å². The van der Waals surface area contributed by atoms with Crippen LogP contribution in [-0.2, 0) is 0 Å². The zero-order valence-corrected chi connectivity index (χ0v) is 11.5. The molecule has 0 heterocycles. The minimum absolute atomic E-state index is 0.0348. The van der Waals surface area contributed by atoms with E-state index in [0.717, 1.165) is 8.96 Å². The molecule has 0 aromatic heterocycles. The van der Waals surface area contributed by atoms with Crippen molar-refractivity contribution >= 4 is 31.9 Å². The molecule has 1 aromatic rings. The molecular formula is C11H12Br2FN. The van der Waals surface area contributed by atoms with Crippen molar-refractivity contribution in [2.24, 2.45) is 0 Å². The van der Waals surface area contributed by atoms with Gasteiger partial charge in [-0.05, 0) is 19.1 Å². The summed E-state index contributed by atoms with van der Waals surface area (Å²) in [6.45, 7) is 6.25. The molecule has 0 radical (unpaired) electrons. The zero-order valence-electron chi connectivity index (χ0n) is 8.36. The third-order valence-electron chi connectivity index (χ3n) is 2.03. The highest BCUT2D eigenvalue weighted by Gasteiger charge is 2.10. The van der Waals surface area contributed by atoms with Gasteiger partial charge in [0.05, 0.1) is 0 Å². The summed E-state index contributed by atoms with van der Waals surface area (Å²) in [5.74, 6) is -0.204. The minimum atomic E-state index is -0.204. The molecule has 0 saturated heterocycles. The van der Waals surface area contributed by atoms with Gasteiger partial charge in [0.2, 0.25) is 0 Å². The summed E-state index contributed by atoms with van der Waals surface area (Å²) in [7, 11) is 0. The molecular weight excluding hydrogens is 325 g/mol. The van der Waals surface area contributed by atoms with E-state index in [1.54, 1.807) is 6.07 Å². The smallest absolute Gasteiger partial charge is 0.129 e. The van der Waals surface area contributed by atoms with Crippen LogP contribution in [0.5, 0.6) is 0 Å². The van der Waals surface area contributed by atoms with Gasteiger partial charge in [-0.2, -0.15) is 0 Å². The lowest BCUT2D eigenvalue weighted by atomic mass is 10.1. The maximum atomic E-state index is 13.5. The van der Waals surface area contributed by atoms with E-state index >= 15 is 0 Å². The van der Waals surface area contributed by atoms with Crippen LogP contribution in [0.1, 0.15) is 18.5 Å². The first-order valence-electron chi connectivity index (χ1n) is 4.52. The molecule has 1 nitrogen and oxygen atoms in total. The zero-order chi connectivity index (χ0) is 11.4. The molecule has 0 saturated carbocycles. The quantitative estimate of drug-likeness (QED) is 0.871. The van der Waals surface area contributed by atoms with Crippen molar-refractivity contribution in [1.29, 1.82) is 0 Å². The lowest BCUT2D eigenvalue weighted by molar-refractivity contribution is 0.548. The van der Waals surface area contributed by atoms with Crippen molar-refractivity contribution in [1.82, 2.24) is 5.32 Å². The molecule has 1 aromatic carbocycles. The van der Waals surface area contributed by atoms with Gasteiger partial charge < -0.3 is 5.32 Å². The third-order valence-corrected chi connectivity index (χ3v) is 2.80. The Hall–Kier alpha value is -0.190. The van der Waals surface area contributed by atoms with E-state index in [-0.39, 0.29) is 11.9 Å². The normalized spacial score (nSPS) is 12.5. The Balaban J connectivity index is 2.73.